The molecule has 1 aliphatic carbocycles. The van der Waals surface area contributed by atoms with Crippen molar-refractivity contribution in [3.8, 4) is 0 Å². The van der Waals surface area contributed by atoms with Crippen LogP contribution in [-0.4, -0.2) is 51.9 Å². The fourth-order valence-corrected chi connectivity index (χ4v) is 5.10. The SMILES string of the molecule is Cc1[nH]c(CN2C(=O)C=C3C=C(F)C=CC32)c(C)c1C(=O)NC1CCN(c2cccnc2)CC1. The van der Waals surface area contributed by atoms with Crippen LogP contribution in [0.4, 0.5) is 10.1 Å². The van der Waals surface area contributed by atoms with Crippen molar-refractivity contribution in [2.45, 2.75) is 45.3 Å². The molecule has 0 spiro atoms. The number of allylic oxidation sites excluding steroid dienone is 2. The van der Waals surface area contributed by atoms with Crippen molar-refractivity contribution in [2.24, 2.45) is 0 Å². The Balaban J connectivity index is 1.23. The number of hydrogen-bond donors (Lipinski definition) is 2. The Hall–Kier alpha value is -3.68. The van der Waals surface area contributed by atoms with Gasteiger partial charge in [-0.1, -0.05) is 6.08 Å². The van der Waals surface area contributed by atoms with Gasteiger partial charge in [-0.05, 0) is 62.1 Å². The molecule has 0 saturated carbocycles. The number of aromatic amines is 1. The van der Waals surface area contributed by atoms with Gasteiger partial charge in [-0.25, -0.2) is 4.39 Å². The molecule has 3 aliphatic rings. The average molecular weight is 462 g/mol. The van der Waals surface area contributed by atoms with Crippen LogP contribution in [0.15, 0.2) is 60.2 Å². The third kappa shape index (κ3) is 4.16. The normalized spacial score (nSPS) is 20.3. The summed E-state index contributed by atoms with van der Waals surface area (Å²) in [6.45, 7) is 5.84. The predicted octanol–water partition coefficient (Wildman–Crippen LogP) is 3.49. The van der Waals surface area contributed by atoms with Crippen LogP contribution < -0.4 is 10.2 Å². The summed E-state index contributed by atoms with van der Waals surface area (Å²) in [6.07, 6.45) is 11.3. The van der Waals surface area contributed by atoms with Crippen LogP contribution in [-0.2, 0) is 11.3 Å². The molecule has 1 atom stereocenters. The van der Waals surface area contributed by atoms with Crippen molar-refractivity contribution >= 4 is 17.5 Å². The zero-order valence-corrected chi connectivity index (χ0v) is 19.3. The lowest BCUT2D eigenvalue weighted by Crippen LogP contribution is -2.45. The monoisotopic (exact) mass is 461 g/mol. The van der Waals surface area contributed by atoms with Crippen LogP contribution in [0.5, 0.6) is 0 Å². The number of nitrogens with zero attached hydrogens (tertiary/aromatic N) is 3. The number of aromatic nitrogens is 2. The van der Waals surface area contributed by atoms with Gasteiger partial charge in [0, 0.05) is 42.8 Å². The lowest BCUT2D eigenvalue weighted by atomic mass is 10.0. The smallest absolute Gasteiger partial charge is 0.253 e. The Kier molecular flexibility index (Phi) is 5.81. The summed E-state index contributed by atoms with van der Waals surface area (Å²) in [5.41, 5.74) is 4.83. The second-order valence-corrected chi connectivity index (χ2v) is 9.12. The number of hydrogen-bond acceptors (Lipinski definition) is 4. The van der Waals surface area contributed by atoms with Crippen LogP contribution in [0.3, 0.4) is 0 Å². The van der Waals surface area contributed by atoms with E-state index in [1.165, 1.54) is 18.2 Å². The molecule has 5 rings (SSSR count). The number of nitrogens with one attached hydrogen (secondary N) is 2. The molecule has 1 saturated heterocycles. The Bertz CT molecular complexity index is 1210. The first kappa shape index (κ1) is 22.1. The minimum atomic E-state index is -0.353. The number of fused-ring (bicyclic) bond motifs is 1. The number of carbonyl (C=O) groups is 2. The molecular formula is C26H28FN5O2. The zero-order valence-electron chi connectivity index (χ0n) is 19.3. The third-order valence-corrected chi connectivity index (χ3v) is 6.93. The van der Waals surface area contributed by atoms with E-state index >= 15 is 0 Å². The Morgan fingerprint density at radius 1 is 1.26 bits per heavy atom. The summed E-state index contributed by atoms with van der Waals surface area (Å²) in [5, 5.41) is 3.20. The van der Waals surface area contributed by atoms with Crippen molar-refractivity contribution in [3.05, 3.63) is 82.7 Å². The van der Waals surface area contributed by atoms with Crippen molar-refractivity contribution in [2.75, 3.05) is 18.0 Å². The maximum atomic E-state index is 13.6. The molecule has 2 N–H and O–H groups in total. The Labute approximate surface area is 198 Å². The molecule has 8 heteroatoms. The molecule has 7 nitrogen and oxygen atoms in total. The van der Waals surface area contributed by atoms with E-state index in [2.05, 4.69) is 26.3 Å². The molecule has 2 aromatic rings. The van der Waals surface area contributed by atoms with E-state index in [4.69, 9.17) is 0 Å². The first-order valence-electron chi connectivity index (χ1n) is 11.6. The molecule has 176 valence electrons. The Morgan fingerprint density at radius 3 is 2.79 bits per heavy atom. The molecule has 1 unspecified atom stereocenters. The number of carbonyl (C=O) groups excluding carboxylic acids is 2. The van der Waals surface area contributed by atoms with Crippen LogP contribution >= 0.6 is 0 Å². The van der Waals surface area contributed by atoms with Crippen LogP contribution in [0.2, 0.25) is 0 Å². The maximum Gasteiger partial charge on any atom is 0.253 e. The zero-order chi connectivity index (χ0) is 23.8. The number of amides is 2. The van der Waals surface area contributed by atoms with Crippen LogP contribution in [0.25, 0.3) is 0 Å². The molecule has 2 aliphatic heterocycles. The summed E-state index contributed by atoms with van der Waals surface area (Å²) < 4.78 is 13.6. The van der Waals surface area contributed by atoms with Gasteiger partial charge in [0.15, 0.2) is 0 Å². The topological polar surface area (TPSA) is 81.3 Å². The molecule has 0 radical (unpaired) electrons. The number of H-pyrrole nitrogens is 1. The van der Waals surface area contributed by atoms with Crippen LogP contribution in [0, 0.1) is 13.8 Å². The summed E-state index contributed by atoms with van der Waals surface area (Å²) >= 11 is 0. The lowest BCUT2D eigenvalue weighted by Gasteiger charge is -2.33. The van der Waals surface area contributed by atoms with Crippen LogP contribution in [0.1, 0.15) is 40.2 Å². The maximum absolute atomic E-state index is 13.6. The summed E-state index contributed by atoms with van der Waals surface area (Å²) in [4.78, 5) is 37.2. The predicted molar refractivity (Wildman–Crippen MR) is 128 cm³/mol. The van der Waals surface area contributed by atoms with Gasteiger partial charge in [0.25, 0.3) is 5.91 Å². The second-order valence-electron chi connectivity index (χ2n) is 9.12. The van der Waals surface area contributed by atoms with Gasteiger partial charge in [0.1, 0.15) is 5.83 Å². The number of aryl methyl sites for hydroxylation is 1. The minimum Gasteiger partial charge on any atom is -0.370 e. The number of pyridine rings is 1. The molecule has 4 heterocycles. The van der Waals surface area contributed by atoms with Gasteiger partial charge in [-0.15, -0.1) is 0 Å². The van der Waals surface area contributed by atoms with Crippen molar-refractivity contribution in [3.63, 3.8) is 0 Å². The largest absolute Gasteiger partial charge is 0.370 e. The quantitative estimate of drug-likeness (QED) is 0.714. The number of piperidine rings is 1. The molecule has 2 aromatic heterocycles. The number of anilines is 1. The highest BCUT2D eigenvalue weighted by molar-refractivity contribution is 5.97. The van der Waals surface area contributed by atoms with E-state index < -0.39 is 0 Å². The minimum absolute atomic E-state index is 0.0912. The van der Waals surface area contributed by atoms with Gasteiger partial charge < -0.3 is 20.1 Å². The summed E-state index contributed by atoms with van der Waals surface area (Å²) in [6, 6.07) is 3.82. The van der Waals surface area contributed by atoms with Gasteiger partial charge in [-0.3, -0.25) is 14.6 Å². The summed E-state index contributed by atoms with van der Waals surface area (Å²) in [5.74, 6) is -0.602. The molecule has 1 fully saturated rings. The van der Waals surface area contributed by atoms with E-state index in [0.29, 0.717) is 17.7 Å². The van der Waals surface area contributed by atoms with Crippen molar-refractivity contribution < 1.29 is 14.0 Å². The third-order valence-electron chi connectivity index (χ3n) is 6.93. The Morgan fingerprint density at radius 2 is 2.06 bits per heavy atom. The van der Waals surface area contributed by atoms with Gasteiger partial charge in [0.2, 0.25) is 5.91 Å². The average Bonchev–Trinajstić information content (AvgIpc) is 3.29. The van der Waals surface area contributed by atoms with Gasteiger partial charge >= 0.3 is 0 Å². The van der Waals surface area contributed by atoms with E-state index in [1.54, 1.807) is 17.2 Å². The molecular weight excluding hydrogens is 433 g/mol. The highest BCUT2D eigenvalue weighted by Crippen LogP contribution is 2.30. The first-order chi connectivity index (χ1) is 16.4. The highest BCUT2D eigenvalue weighted by Gasteiger charge is 2.33. The number of halogens is 1. The molecule has 34 heavy (non-hydrogen) atoms. The summed E-state index contributed by atoms with van der Waals surface area (Å²) in [7, 11) is 0. The first-order valence-corrected chi connectivity index (χ1v) is 11.6. The highest BCUT2D eigenvalue weighted by atomic mass is 19.1. The lowest BCUT2D eigenvalue weighted by molar-refractivity contribution is -0.126. The number of rotatable bonds is 5. The van der Waals surface area contributed by atoms with Crippen molar-refractivity contribution in [1.82, 2.24) is 20.2 Å². The second kappa shape index (κ2) is 8.93. The standard InChI is InChI=1S/C26H28FN5O2/c1-16-22(15-32-23-6-5-19(27)12-18(23)13-24(32)33)29-17(2)25(16)26(34)30-20-7-10-31(11-8-20)21-4-3-9-28-14-21/h3-6,9,12-14,20,23,29H,7-8,10-11,15H2,1-2H3,(H,30,34). The van der Waals surface area contributed by atoms with Gasteiger partial charge in [-0.2, -0.15) is 0 Å². The van der Waals surface area contributed by atoms with E-state index in [0.717, 1.165) is 48.6 Å². The molecule has 2 amide bonds. The van der Waals surface area contributed by atoms with Gasteiger partial charge in [0.05, 0.1) is 30.0 Å². The van der Waals surface area contributed by atoms with E-state index in [-0.39, 0.29) is 29.7 Å². The fourth-order valence-electron chi connectivity index (χ4n) is 5.10. The fraction of sp³-hybridized carbons (Fsp3) is 0.346. The molecule has 0 bridgehead atoms. The van der Waals surface area contributed by atoms with E-state index in [9.17, 15) is 14.0 Å². The molecule has 0 aromatic carbocycles. The van der Waals surface area contributed by atoms with Crippen molar-refractivity contribution in [1.29, 1.82) is 0 Å². The van der Waals surface area contributed by atoms with E-state index in [1.807, 2.05) is 26.1 Å².